The molecule has 2 nitrogen and oxygen atoms in total. The van der Waals surface area contributed by atoms with Crippen LogP contribution in [0, 0.1) is 0 Å². The third kappa shape index (κ3) is 7.50. The van der Waals surface area contributed by atoms with Crippen LogP contribution >= 0.6 is 0 Å². The van der Waals surface area contributed by atoms with Gasteiger partial charge in [-0.1, -0.05) is 13.0 Å². The standard InChI is InChI=1S/C8H17NO/c1-2-6-9-7-4-3-5-8-10/h5,8-10H,2-4,6-7H2,1H3. The Labute approximate surface area is 62.9 Å². The molecular formula is C8H17NO. The first-order valence-electron chi connectivity index (χ1n) is 3.91. The molecule has 0 radical (unpaired) electrons. The van der Waals surface area contributed by atoms with E-state index in [1.807, 2.05) is 0 Å². The summed E-state index contributed by atoms with van der Waals surface area (Å²) in [5.74, 6) is 0. The summed E-state index contributed by atoms with van der Waals surface area (Å²) >= 11 is 0. The van der Waals surface area contributed by atoms with Crippen LogP contribution in [0.15, 0.2) is 12.3 Å². The Hall–Kier alpha value is -0.500. The van der Waals surface area contributed by atoms with E-state index < -0.39 is 0 Å². The molecule has 0 saturated carbocycles. The highest BCUT2D eigenvalue weighted by atomic mass is 16.2. The molecule has 0 amide bonds. The molecule has 0 aromatic heterocycles. The van der Waals surface area contributed by atoms with Crippen LogP contribution in [0.2, 0.25) is 0 Å². The van der Waals surface area contributed by atoms with E-state index in [9.17, 15) is 0 Å². The third-order valence-corrected chi connectivity index (χ3v) is 1.26. The van der Waals surface area contributed by atoms with Crippen LogP contribution in [0.1, 0.15) is 26.2 Å². The first kappa shape index (κ1) is 9.50. The summed E-state index contributed by atoms with van der Waals surface area (Å²) in [7, 11) is 0. The second-order valence-electron chi connectivity index (χ2n) is 2.28. The molecule has 0 fully saturated rings. The van der Waals surface area contributed by atoms with E-state index in [2.05, 4.69) is 12.2 Å². The van der Waals surface area contributed by atoms with Gasteiger partial charge in [-0.05, 0) is 32.4 Å². The van der Waals surface area contributed by atoms with Gasteiger partial charge in [-0.25, -0.2) is 0 Å². The summed E-state index contributed by atoms with van der Waals surface area (Å²) in [6, 6.07) is 0. The first-order valence-corrected chi connectivity index (χ1v) is 3.91. The van der Waals surface area contributed by atoms with Gasteiger partial charge in [-0.3, -0.25) is 0 Å². The van der Waals surface area contributed by atoms with E-state index in [-0.39, 0.29) is 0 Å². The van der Waals surface area contributed by atoms with Crippen molar-refractivity contribution in [1.29, 1.82) is 0 Å². The molecule has 0 saturated heterocycles. The number of unbranched alkanes of at least 4 members (excludes halogenated alkanes) is 1. The lowest BCUT2D eigenvalue weighted by molar-refractivity contribution is 0.470. The van der Waals surface area contributed by atoms with E-state index in [1.165, 1.54) is 6.42 Å². The molecule has 0 heterocycles. The van der Waals surface area contributed by atoms with Gasteiger partial charge in [-0.2, -0.15) is 0 Å². The molecule has 0 atom stereocenters. The fraction of sp³-hybridized carbons (Fsp3) is 0.750. The van der Waals surface area contributed by atoms with Crippen molar-refractivity contribution in [1.82, 2.24) is 5.32 Å². The van der Waals surface area contributed by atoms with Gasteiger partial charge in [0.05, 0.1) is 6.26 Å². The maximum Gasteiger partial charge on any atom is 0.0751 e. The van der Waals surface area contributed by atoms with E-state index in [4.69, 9.17) is 5.11 Å². The first-order chi connectivity index (χ1) is 4.91. The van der Waals surface area contributed by atoms with E-state index in [1.54, 1.807) is 6.08 Å². The number of aliphatic hydroxyl groups is 1. The highest BCUT2D eigenvalue weighted by molar-refractivity contribution is 4.71. The summed E-state index contributed by atoms with van der Waals surface area (Å²) in [4.78, 5) is 0. The van der Waals surface area contributed by atoms with Crippen LogP contribution in [0.25, 0.3) is 0 Å². The van der Waals surface area contributed by atoms with Crippen molar-refractivity contribution in [3.05, 3.63) is 12.3 Å². The molecule has 0 aromatic rings. The van der Waals surface area contributed by atoms with Crippen molar-refractivity contribution < 1.29 is 5.11 Å². The van der Waals surface area contributed by atoms with Crippen molar-refractivity contribution in [3.8, 4) is 0 Å². The summed E-state index contributed by atoms with van der Waals surface area (Å²) in [6.45, 7) is 4.31. The molecule has 2 N–H and O–H groups in total. The van der Waals surface area contributed by atoms with Crippen LogP contribution in [0.3, 0.4) is 0 Å². The number of allylic oxidation sites excluding steroid dienone is 1. The lowest BCUT2D eigenvalue weighted by Crippen LogP contribution is -2.15. The Kier molecular flexibility index (Phi) is 8.07. The predicted molar refractivity (Wildman–Crippen MR) is 44.2 cm³/mol. The Morgan fingerprint density at radius 3 is 2.80 bits per heavy atom. The van der Waals surface area contributed by atoms with Gasteiger partial charge in [-0.15, -0.1) is 0 Å². The zero-order valence-electron chi connectivity index (χ0n) is 6.64. The third-order valence-electron chi connectivity index (χ3n) is 1.26. The smallest absolute Gasteiger partial charge is 0.0751 e. The molecule has 0 aromatic carbocycles. The normalized spacial score (nSPS) is 10.9. The lowest BCUT2D eigenvalue weighted by atomic mass is 10.3. The van der Waals surface area contributed by atoms with Crippen LogP contribution in [-0.4, -0.2) is 18.2 Å². The number of nitrogens with one attached hydrogen (secondary N) is 1. The van der Waals surface area contributed by atoms with Gasteiger partial charge in [0.15, 0.2) is 0 Å². The minimum absolute atomic E-state index is 0.965. The summed E-state index contributed by atoms with van der Waals surface area (Å²) < 4.78 is 0. The van der Waals surface area contributed by atoms with Crippen molar-refractivity contribution in [2.24, 2.45) is 0 Å². The van der Waals surface area contributed by atoms with E-state index >= 15 is 0 Å². The minimum atomic E-state index is 0.965. The van der Waals surface area contributed by atoms with Crippen LogP contribution < -0.4 is 5.32 Å². The fourth-order valence-electron chi connectivity index (χ4n) is 0.721. The molecule has 0 aliphatic heterocycles. The largest absolute Gasteiger partial charge is 0.516 e. The number of rotatable bonds is 6. The van der Waals surface area contributed by atoms with Crippen LogP contribution in [0.5, 0.6) is 0 Å². The van der Waals surface area contributed by atoms with Gasteiger partial charge >= 0.3 is 0 Å². The fourth-order valence-corrected chi connectivity index (χ4v) is 0.721. The summed E-state index contributed by atoms with van der Waals surface area (Å²) in [5, 5.41) is 11.5. The van der Waals surface area contributed by atoms with Crippen LogP contribution in [-0.2, 0) is 0 Å². The zero-order valence-corrected chi connectivity index (χ0v) is 6.64. The number of aliphatic hydroxyl groups excluding tert-OH is 1. The quantitative estimate of drug-likeness (QED) is 0.439. The van der Waals surface area contributed by atoms with Gasteiger partial charge in [0.1, 0.15) is 0 Å². The lowest BCUT2D eigenvalue weighted by Gasteiger charge is -1.98. The summed E-state index contributed by atoms with van der Waals surface area (Å²) in [6.07, 6.45) is 6.15. The number of hydrogen-bond acceptors (Lipinski definition) is 2. The number of hydrogen-bond donors (Lipinski definition) is 2. The topological polar surface area (TPSA) is 32.3 Å². The molecule has 0 spiro atoms. The molecule has 0 bridgehead atoms. The predicted octanol–water partition coefficient (Wildman–Crippen LogP) is 1.84. The Morgan fingerprint density at radius 1 is 1.40 bits per heavy atom. The Bertz CT molecular complexity index is 81.3. The zero-order chi connectivity index (χ0) is 7.66. The van der Waals surface area contributed by atoms with Crippen molar-refractivity contribution in [2.75, 3.05) is 13.1 Å². The van der Waals surface area contributed by atoms with Crippen LogP contribution in [0.4, 0.5) is 0 Å². The highest BCUT2D eigenvalue weighted by Crippen LogP contribution is 1.87. The maximum atomic E-state index is 8.27. The molecular weight excluding hydrogens is 126 g/mol. The van der Waals surface area contributed by atoms with Gasteiger partial charge in [0.25, 0.3) is 0 Å². The average Bonchev–Trinajstić information content (AvgIpc) is 1.97. The Balaban J connectivity index is 2.77. The van der Waals surface area contributed by atoms with E-state index in [0.29, 0.717) is 0 Å². The average molecular weight is 143 g/mol. The minimum Gasteiger partial charge on any atom is -0.516 e. The van der Waals surface area contributed by atoms with Gasteiger partial charge in [0.2, 0.25) is 0 Å². The SMILES string of the molecule is CCCNCCCC=CO. The maximum absolute atomic E-state index is 8.27. The van der Waals surface area contributed by atoms with E-state index in [0.717, 1.165) is 32.2 Å². The summed E-state index contributed by atoms with van der Waals surface area (Å²) in [5.41, 5.74) is 0. The molecule has 2 heteroatoms. The van der Waals surface area contributed by atoms with Crippen molar-refractivity contribution in [3.63, 3.8) is 0 Å². The monoisotopic (exact) mass is 143 g/mol. The van der Waals surface area contributed by atoms with Crippen molar-refractivity contribution in [2.45, 2.75) is 26.2 Å². The Morgan fingerprint density at radius 2 is 2.20 bits per heavy atom. The molecule has 0 aliphatic rings. The second kappa shape index (κ2) is 8.50. The molecule has 0 unspecified atom stereocenters. The van der Waals surface area contributed by atoms with Gasteiger partial charge < -0.3 is 10.4 Å². The second-order valence-corrected chi connectivity index (χ2v) is 2.28. The molecule has 10 heavy (non-hydrogen) atoms. The highest BCUT2D eigenvalue weighted by Gasteiger charge is 1.82. The molecule has 0 rings (SSSR count). The molecule has 0 aliphatic carbocycles. The van der Waals surface area contributed by atoms with Gasteiger partial charge in [0, 0.05) is 0 Å². The molecule has 60 valence electrons. The van der Waals surface area contributed by atoms with Crippen molar-refractivity contribution >= 4 is 0 Å².